The minimum Gasteiger partial charge on any atom is -0.488 e. The molecule has 2 saturated heterocycles. The molecule has 0 amide bonds. The SMILES string of the molecule is Cc1cc(-c2cccn3nc(Nc4cn(C)nn4)cc23)c(OC2CC3COCC(C2)N3)cn1. The van der Waals surface area contributed by atoms with Gasteiger partial charge in [0.15, 0.2) is 11.6 Å². The second-order valence-electron chi connectivity index (χ2n) is 8.81. The van der Waals surface area contributed by atoms with Crippen LogP contribution in [0, 0.1) is 6.92 Å². The molecule has 2 fully saturated rings. The van der Waals surface area contributed by atoms with Crippen molar-refractivity contribution in [2.75, 3.05) is 18.5 Å². The summed E-state index contributed by atoms with van der Waals surface area (Å²) in [7, 11) is 1.83. The van der Waals surface area contributed by atoms with Crippen molar-refractivity contribution in [3.63, 3.8) is 0 Å². The largest absolute Gasteiger partial charge is 0.488 e. The number of aryl methyl sites for hydroxylation is 2. The Morgan fingerprint density at radius 3 is 2.79 bits per heavy atom. The number of hydrogen-bond acceptors (Lipinski definition) is 8. The van der Waals surface area contributed by atoms with E-state index < -0.39 is 0 Å². The summed E-state index contributed by atoms with van der Waals surface area (Å²) in [4.78, 5) is 4.53. The first-order chi connectivity index (χ1) is 16.1. The summed E-state index contributed by atoms with van der Waals surface area (Å²) in [5.41, 5.74) is 3.96. The molecule has 6 rings (SSSR count). The summed E-state index contributed by atoms with van der Waals surface area (Å²) in [6, 6.07) is 8.87. The Kier molecular flexibility index (Phi) is 4.96. The first-order valence-corrected chi connectivity index (χ1v) is 11.2. The molecule has 2 aliphatic rings. The second kappa shape index (κ2) is 8.13. The third-order valence-corrected chi connectivity index (χ3v) is 6.15. The minimum atomic E-state index is 0.131. The van der Waals surface area contributed by atoms with E-state index in [2.05, 4.69) is 43.2 Å². The smallest absolute Gasteiger partial charge is 0.174 e. The predicted molar refractivity (Wildman–Crippen MR) is 123 cm³/mol. The van der Waals surface area contributed by atoms with Gasteiger partial charge in [-0.25, -0.2) is 4.52 Å². The molecule has 2 unspecified atom stereocenters. The summed E-state index contributed by atoms with van der Waals surface area (Å²) in [6.07, 6.45) is 7.57. The Morgan fingerprint density at radius 1 is 1.15 bits per heavy atom. The molecule has 6 heterocycles. The maximum Gasteiger partial charge on any atom is 0.174 e. The lowest BCUT2D eigenvalue weighted by molar-refractivity contribution is -0.0122. The van der Waals surface area contributed by atoms with Crippen LogP contribution in [0.2, 0.25) is 0 Å². The van der Waals surface area contributed by atoms with E-state index >= 15 is 0 Å². The van der Waals surface area contributed by atoms with Gasteiger partial charge >= 0.3 is 0 Å². The Bertz CT molecular complexity index is 1290. The van der Waals surface area contributed by atoms with Crippen LogP contribution in [0.25, 0.3) is 16.6 Å². The molecule has 2 aliphatic heterocycles. The molecule has 2 atom stereocenters. The van der Waals surface area contributed by atoms with E-state index in [0.29, 0.717) is 23.7 Å². The normalized spacial score (nSPS) is 22.4. The van der Waals surface area contributed by atoms with Crippen molar-refractivity contribution in [2.45, 2.75) is 38.0 Å². The zero-order chi connectivity index (χ0) is 22.4. The van der Waals surface area contributed by atoms with E-state index in [1.165, 1.54) is 0 Å². The molecule has 2 bridgehead atoms. The first kappa shape index (κ1) is 20.1. The maximum absolute atomic E-state index is 6.56. The Morgan fingerprint density at radius 2 is 2.00 bits per heavy atom. The lowest BCUT2D eigenvalue weighted by Crippen LogP contribution is -2.56. The van der Waals surface area contributed by atoms with Crippen molar-refractivity contribution in [3.05, 3.63) is 48.5 Å². The molecule has 2 N–H and O–H groups in total. The maximum atomic E-state index is 6.56. The van der Waals surface area contributed by atoms with Crippen LogP contribution in [0.1, 0.15) is 18.5 Å². The molecule has 10 heteroatoms. The summed E-state index contributed by atoms with van der Waals surface area (Å²) in [6.45, 7) is 3.48. The number of ether oxygens (including phenoxy) is 2. The zero-order valence-electron chi connectivity index (χ0n) is 18.6. The highest BCUT2D eigenvalue weighted by Crippen LogP contribution is 2.36. The quantitative estimate of drug-likeness (QED) is 0.482. The monoisotopic (exact) mass is 446 g/mol. The van der Waals surface area contributed by atoms with Gasteiger partial charge in [-0.1, -0.05) is 11.3 Å². The molecular formula is C23H26N8O2. The van der Waals surface area contributed by atoms with E-state index in [0.717, 1.165) is 54.1 Å². The standard InChI is InChI=1S/C23H26N8O2/c1-14-6-19(21(10-24-14)33-17-7-15-12-32-13-16(8-17)25-15)18-4-3-5-31-20(18)9-22(28-31)26-23-11-30(2)29-27-23/h3-6,9-11,15-17,25H,7-8,12-13H2,1-2H3,(H,26,28). The molecule has 0 saturated carbocycles. The molecule has 10 nitrogen and oxygen atoms in total. The van der Waals surface area contributed by atoms with Crippen molar-refractivity contribution in [1.82, 2.24) is 34.9 Å². The number of fused-ring (bicyclic) bond motifs is 3. The second-order valence-corrected chi connectivity index (χ2v) is 8.81. The van der Waals surface area contributed by atoms with Crippen LogP contribution in [0.4, 0.5) is 11.6 Å². The summed E-state index contributed by atoms with van der Waals surface area (Å²) in [5, 5.41) is 19.6. The van der Waals surface area contributed by atoms with Gasteiger partial charge in [0.2, 0.25) is 0 Å². The molecule has 4 aromatic heterocycles. The van der Waals surface area contributed by atoms with E-state index in [4.69, 9.17) is 9.47 Å². The van der Waals surface area contributed by atoms with Gasteiger partial charge in [0.25, 0.3) is 0 Å². The molecule has 0 spiro atoms. The first-order valence-electron chi connectivity index (χ1n) is 11.2. The van der Waals surface area contributed by atoms with Crippen LogP contribution in [-0.2, 0) is 11.8 Å². The van der Waals surface area contributed by atoms with Crippen molar-refractivity contribution in [1.29, 1.82) is 0 Å². The molecule has 0 radical (unpaired) electrons. The fourth-order valence-electron chi connectivity index (χ4n) is 4.75. The van der Waals surface area contributed by atoms with Gasteiger partial charge in [0, 0.05) is 61.1 Å². The van der Waals surface area contributed by atoms with Gasteiger partial charge in [-0.05, 0) is 19.1 Å². The number of nitrogens with one attached hydrogen (secondary N) is 2. The lowest BCUT2D eigenvalue weighted by atomic mass is 9.94. The molecular weight excluding hydrogens is 420 g/mol. The van der Waals surface area contributed by atoms with E-state index in [9.17, 15) is 0 Å². The predicted octanol–water partition coefficient (Wildman–Crippen LogP) is 2.48. The van der Waals surface area contributed by atoms with Gasteiger partial charge in [0.05, 0.1) is 31.1 Å². The van der Waals surface area contributed by atoms with Crippen molar-refractivity contribution in [3.8, 4) is 16.9 Å². The number of pyridine rings is 2. The summed E-state index contributed by atoms with van der Waals surface area (Å²) >= 11 is 0. The van der Waals surface area contributed by atoms with E-state index in [1.807, 2.05) is 49.2 Å². The topological polar surface area (TPSA) is 103 Å². The van der Waals surface area contributed by atoms with Gasteiger partial charge in [0.1, 0.15) is 11.9 Å². The van der Waals surface area contributed by atoms with Crippen LogP contribution in [0.3, 0.4) is 0 Å². The molecule has 4 aromatic rings. The van der Waals surface area contributed by atoms with Crippen LogP contribution in [0.15, 0.2) is 42.9 Å². The Hall–Kier alpha value is -3.50. The number of hydrogen-bond donors (Lipinski definition) is 2. The van der Waals surface area contributed by atoms with Crippen LogP contribution >= 0.6 is 0 Å². The van der Waals surface area contributed by atoms with E-state index in [-0.39, 0.29) is 6.10 Å². The van der Waals surface area contributed by atoms with Crippen LogP contribution < -0.4 is 15.4 Å². The third-order valence-electron chi connectivity index (χ3n) is 6.15. The Balaban J connectivity index is 1.34. The Labute approximate surface area is 190 Å². The number of rotatable bonds is 5. The zero-order valence-corrected chi connectivity index (χ0v) is 18.6. The number of anilines is 2. The summed E-state index contributed by atoms with van der Waals surface area (Å²) < 4.78 is 15.8. The minimum absolute atomic E-state index is 0.131. The molecule has 0 aromatic carbocycles. The molecule has 170 valence electrons. The van der Waals surface area contributed by atoms with Crippen molar-refractivity contribution in [2.24, 2.45) is 7.05 Å². The highest BCUT2D eigenvalue weighted by Gasteiger charge is 2.33. The third kappa shape index (κ3) is 4.03. The van der Waals surface area contributed by atoms with Gasteiger partial charge in [-0.15, -0.1) is 5.10 Å². The lowest BCUT2D eigenvalue weighted by Gasteiger charge is -2.40. The number of aromatic nitrogens is 6. The average molecular weight is 447 g/mol. The average Bonchev–Trinajstić information content (AvgIpc) is 3.40. The summed E-state index contributed by atoms with van der Waals surface area (Å²) in [5.74, 6) is 2.14. The van der Waals surface area contributed by atoms with Gasteiger partial charge < -0.3 is 20.1 Å². The highest BCUT2D eigenvalue weighted by atomic mass is 16.5. The molecule has 33 heavy (non-hydrogen) atoms. The number of piperidine rings is 1. The van der Waals surface area contributed by atoms with Crippen molar-refractivity contribution < 1.29 is 9.47 Å². The fourth-order valence-corrected chi connectivity index (χ4v) is 4.75. The molecule has 0 aliphatic carbocycles. The number of morpholine rings is 1. The van der Waals surface area contributed by atoms with E-state index in [1.54, 1.807) is 4.68 Å². The van der Waals surface area contributed by atoms with Crippen LogP contribution in [0.5, 0.6) is 5.75 Å². The van der Waals surface area contributed by atoms with Crippen LogP contribution in [-0.4, -0.2) is 61.0 Å². The van der Waals surface area contributed by atoms with Gasteiger partial charge in [-0.3, -0.25) is 9.67 Å². The highest BCUT2D eigenvalue weighted by molar-refractivity contribution is 5.85. The van der Waals surface area contributed by atoms with Crippen molar-refractivity contribution >= 4 is 17.2 Å². The fraction of sp³-hybridized carbons (Fsp3) is 0.391. The van der Waals surface area contributed by atoms with Gasteiger partial charge in [-0.2, -0.15) is 5.10 Å². The number of nitrogens with zero attached hydrogens (tertiary/aromatic N) is 6.